The Bertz CT molecular complexity index is 1190. The van der Waals surface area contributed by atoms with Gasteiger partial charge in [-0.25, -0.2) is 0 Å². The van der Waals surface area contributed by atoms with Gasteiger partial charge in [0.2, 0.25) is 0 Å². The average Bonchev–Trinajstić information content (AvgIpc) is 2.98. The molecule has 0 saturated heterocycles. The van der Waals surface area contributed by atoms with Gasteiger partial charge in [-0.3, -0.25) is 19.7 Å². The van der Waals surface area contributed by atoms with Crippen molar-refractivity contribution >= 4 is 45.9 Å². The van der Waals surface area contributed by atoms with Crippen molar-refractivity contribution in [3.05, 3.63) is 108 Å². The summed E-state index contributed by atoms with van der Waals surface area (Å²) in [5, 5.41) is 10.9. The zero-order chi connectivity index (χ0) is 21.3. The van der Waals surface area contributed by atoms with Gasteiger partial charge in [-0.1, -0.05) is 42.5 Å². The molecule has 0 spiro atoms. The number of nitrogens with zero attached hydrogens (tertiary/aromatic N) is 1. The first-order chi connectivity index (χ1) is 14.4. The number of rotatable bonds is 5. The molecule has 0 atom stereocenters. The maximum absolute atomic E-state index is 12.5. The highest BCUT2D eigenvalue weighted by Gasteiger charge is 2.32. The van der Waals surface area contributed by atoms with Crippen LogP contribution in [-0.2, 0) is 6.61 Å². The number of fused-ring (bicyclic) bond motifs is 1. The van der Waals surface area contributed by atoms with Gasteiger partial charge in [0, 0.05) is 23.3 Å². The van der Waals surface area contributed by atoms with E-state index in [1.165, 1.54) is 12.1 Å². The SMILES string of the molecule is O=C1C(=Cc2ccc(OCc3cccc([N+](=O)[O-])c3)c(I)c2)C(=O)c2ccccc21. The van der Waals surface area contributed by atoms with Gasteiger partial charge in [0.15, 0.2) is 11.6 Å². The van der Waals surface area contributed by atoms with E-state index in [0.29, 0.717) is 28.0 Å². The first kappa shape index (κ1) is 20.0. The first-order valence-electron chi connectivity index (χ1n) is 9.00. The van der Waals surface area contributed by atoms with Crippen LogP contribution in [0.15, 0.2) is 72.3 Å². The lowest BCUT2D eigenvalue weighted by Crippen LogP contribution is -2.01. The van der Waals surface area contributed by atoms with E-state index in [-0.39, 0.29) is 29.4 Å². The average molecular weight is 511 g/mol. The molecule has 30 heavy (non-hydrogen) atoms. The summed E-state index contributed by atoms with van der Waals surface area (Å²) < 4.78 is 6.59. The van der Waals surface area contributed by atoms with E-state index in [1.54, 1.807) is 54.6 Å². The maximum atomic E-state index is 12.5. The molecule has 1 aliphatic carbocycles. The molecule has 148 valence electrons. The Hall–Kier alpha value is -3.33. The highest BCUT2D eigenvalue weighted by atomic mass is 127. The van der Waals surface area contributed by atoms with Crippen molar-refractivity contribution in [1.82, 2.24) is 0 Å². The molecule has 3 aromatic rings. The molecule has 0 fully saturated rings. The molecule has 1 aliphatic rings. The summed E-state index contributed by atoms with van der Waals surface area (Å²) in [4.78, 5) is 35.5. The summed E-state index contributed by atoms with van der Waals surface area (Å²) in [7, 11) is 0. The lowest BCUT2D eigenvalue weighted by Gasteiger charge is -2.09. The molecule has 0 unspecified atom stereocenters. The Balaban J connectivity index is 1.52. The number of halogens is 1. The summed E-state index contributed by atoms with van der Waals surface area (Å²) in [6.07, 6.45) is 1.59. The maximum Gasteiger partial charge on any atom is 0.269 e. The zero-order valence-corrected chi connectivity index (χ0v) is 17.7. The number of Topliss-reactive ketones (excluding diaryl/α,β-unsaturated/α-hetero) is 2. The van der Waals surface area contributed by atoms with Crippen LogP contribution >= 0.6 is 22.6 Å². The summed E-state index contributed by atoms with van der Waals surface area (Å²) >= 11 is 2.11. The Labute approximate surface area is 185 Å². The summed E-state index contributed by atoms with van der Waals surface area (Å²) in [5.41, 5.74) is 2.43. The second kappa shape index (κ2) is 8.19. The Morgan fingerprint density at radius 1 is 0.933 bits per heavy atom. The van der Waals surface area contributed by atoms with Gasteiger partial charge < -0.3 is 4.74 Å². The molecule has 7 heteroatoms. The monoisotopic (exact) mass is 511 g/mol. The number of ketones is 2. The molecular formula is C23H14INO5. The Morgan fingerprint density at radius 3 is 2.27 bits per heavy atom. The van der Waals surface area contributed by atoms with Crippen LogP contribution in [-0.4, -0.2) is 16.5 Å². The van der Waals surface area contributed by atoms with Crippen molar-refractivity contribution in [1.29, 1.82) is 0 Å². The first-order valence-corrected chi connectivity index (χ1v) is 10.1. The molecule has 0 aliphatic heterocycles. The lowest BCUT2D eigenvalue weighted by molar-refractivity contribution is -0.384. The van der Waals surface area contributed by atoms with Crippen LogP contribution in [0.5, 0.6) is 5.75 Å². The lowest BCUT2D eigenvalue weighted by atomic mass is 10.1. The summed E-state index contributed by atoms with van der Waals surface area (Å²) in [5.74, 6) is 0.0739. The van der Waals surface area contributed by atoms with Crippen LogP contribution in [0.4, 0.5) is 5.69 Å². The number of nitro groups is 1. The van der Waals surface area contributed by atoms with Crippen molar-refractivity contribution in [2.24, 2.45) is 0 Å². The third kappa shape index (κ3) is 3.88. The van der Waals surface area contributed by atoms with E-state index in [4.69, 9.17) is 4.74 Å². The van der Waals surface area contributed by atoms with Gasteiger partial charge in [-0.15, -0.1) is 0 Å². The highest BCUT2D eigenvalue weighted by Crippen LogP contribution is 2.29. The van der Waals surface area contributed by atoms with Crippen LogP contribution < -0.4 is 4.74 Å². The number of benzene rings is 3. The largest absolute Gasteiger partial charge is 0.488 e. The predicted molar refractivity (Wildman–Crippen MR) is 120 cm³/mol. The minimum absolute atomic E-state index is 0.0136. The molecular weight excluding hydrogens is 497 g/mol. The standard InChI is InChI=1S/C23H14INO5/c24-20-12-14(11-19-22(26)17-6-1-2-7-18(17)23(19)27)8-9-21(20)30-13-15-4-3-5-16(10-15)25(28)29/h1-12H,13H2. The van der Waals surface area contributed by atoms with E-state index in [2.05, 4.69) is 22.6 Å². The minimum Gasteiger partial charge on any atom is -0.488 e. The van der Waals surface area contributed by atoms with Crippen LogP contribution in [0, 0.1) is 13.7 Å². The fourth-order valence-electron chi connectivity index (χ4n) is 3.21. The van der Waals surface area contributed by atoms with Crippen LogP contribution in [0.3, 0.4) is 0 Å². The number of carbonyl (C=O) groups is 2. The van der Waals surface area contributed by atoms with Gasteiger partial charge in [-0.05, 0) is 51.9 Å². The molecule has 0 heterocycles. The third-order valence-electron chi connectivity index (χ3n) is 4.69. The van der Waals surface area contributed by atoms with Gasteiger partial charge in [0.05, 0.1) is 14.1 Å². The summed E-state index contributed by atoms with van der Waals surface area (Å²) in [6.45, 7) is 0.185. The quantitative estimate of drug-likeness (QED) is 0.154. The van der Waals surface area contributed by atoms with E-state index < -0.39 is 4.92 Å². The molecule has 0 radical (unpaired) electrons. The minimum atomic E-state index is -0.445. The smallest absolute Gasteiger partial charge is 0.269 e. The van der Waals surface area contributed by atoms with Crippen LogP contribution in [0.1, 0.15) is 31.8 Å². The molecule has 6 nitrogen and oxygen atoms in total. The number of non-ortho nitro benzene ring substituents is 1. The Morgan fingerprint density at radius 2 is 1.63 bits per heavy atom. The number of ether oxygens (including phenoxy) is 1. The van der Waals surface area contributed by atoms with Crippen molar-refractivity contribution in [2.75, 3.05) is 0 Å². The van der Waals surface area contributed by atoms with E-state index in [0.717, 1.165) is 3.57 Å². The molecule has 0 N–H and O–H groups in total. The fraction of sp³-hybridized carbons (Fsp3) is 0.0435. The van der Waals surface area contributed by atoms with Crippen LogP contribution in [0.25, 0.3) is 6.08 Å². The van der Waals surface area contributed by atoms with Crippen molar-refractivity contribution in [3.63, 3.8) is 0 Å². The van der Waals surface area contributed by atoms with Crippen molar-refractivity contribution < 1.29 is 19.2 Å². The molecule has 0 aromatic heterocycles. The number of carbonyl (C=O) groups excluding carboxylic acids is 2. The third-order valence-corrected chi connectivity index (χ3v) is 5.53. The molecule has 0 saturated carbocycles. The van der Waals surface area contributed by atoms with E-state index >= 15 is 0 Å². The van der Waals surface area contributed by atoms with Crippen molar-refractivity contribution in [3.8, 4) is 5.75 Å². The number of nitro benzene ring substituents is 1. The topological polar surface area (TPSA) is 86.5 Å². The van der Waals surface area contributed by atoms with Gasteiger partial charge >= 0.3 is 0 Å². The number of allylic oxidation sites excluding steroid dienone is 1. The number of hydrogen-bond acceptors (Lipinski definition) is 5. The van der Waals surface area contributed by atoms with Gasteiger partial charge in [-0.2, -0.15) is 0 Å². The van der Waals surface area contributed by atoms with Crippen LogP contribution in [0.2, 0.25) is 0 Å². The molecule has 0 amide bonds. The molecule has 4 rings (SSSR count). The van der Waals surface area contributed by atoms with Crippen molar-refractivity contribution in [2.45, 2.75) is 6.61 Å². The second-order valence-corrected chi connectivity index (χ2v) is 7.83. The highest BCUT2D eigenvalue weighted by molar-refractivity contribution is 14.1. The van der Waals surface area contributed by atoms with Gasteiger partial charge in [0.1, 0.15) is 12.4 Å². The molecule has 0 bridgehead atoms. The predicted octanol–water partition coefficient (Wildman–Crippen LogP) is 5.24. The van der Waals surface area contributed by atoms with E-state index in [1.807, 2.05) is 6.07 Å². The van der Waals surface area contributed by atoms with Gasteiger partial charge in [0.25, 0.3) is 5.69 Å². The number of hydrogen-bond donors (Lipinski definition) is 0. The zero-order valence-electron chi connectivity index (χ0n) is 15.5. The Kier molecular flexibility index (Phi) is 5.45. The summed E-state index contributed by atoms with van der Waals surface area (Å²) in [6, 6.07) is 18.4. The van der Waals surface area contributed by atoms with E-state index in [9.17, 15) is 19.7 Å². The normalized spacial score (nSPS) is 12.6. The fourth-order valence-corrected chi connectivity index (χ4v) is 3.91. The molecule has 3 aromatic carbocycles. The second-order valence-electron chi connectivity index (χ2n) is 6.67.